The molecule has 106 valence electrons. The summed E-state index contributed by atoms with van der Waals surface area (Å²) in [7, 11) is 0. The lowest BCUT2D eigenvalue weighted by molar-refractivity contribution is -0.152. The zero-order chi connectivity index (χ0) is 14.2. The fourth-order valence-corrected chi connectivity index (χ4v) is 1.99. The fraction of sp³-hybridized carbons (Fsp3) is 0.812. The number of unbranched alkanes of at least 4 members (excludes halogenated alkanes) is 1. The first-order valence-corrected chi connectivity index (χ1v) is 7.21. The summed E-state index contributed by atoms with van der Waals surface area (Å²) < 4.78 is 5.46. The Balaban J connectivity index is 4.14. The van der Waals surface area contributed by atoms with Crippen molar-refractivity contribution in [1.82, 2.24) is 0 Å². The van der Waals surface area contributed by atoms with Gasteiger partial charge in [-0.05, 0) is 39.5 Å². The lowest BCUT2D eigenvalue weighted by Crippen LogP contribution is -2.29. The van der Waals surface area contributed by atoms with Crippen molar-refractivity contribution in [3.63, 3.8) is 0 Å². The van der Waals surface area contributed by atoms with Crippen molar-refractivity contribution in [1.29, 1.82) is 0 Å². The third kappa shape index (κ3) is 7.52. The smallest absolute Gasteiger partial charge is 0.333 e. The number of esters is 1. The van der Waals surface area contributed by atoms with Crippen LogP contribution in [0.5, 0.6) is 0 Å². The number of rotatable bonds is 9. The molecule has 1 atom stereocenters. The van der Waals surface area contributed by atoms with Crippen molar-refractivity contribution in [2.75, 3.05) is 0 Å². The summed E-state index contributed by atoms with van der Waals surface area (Å²) in [6.07, 6.45) is 7.11. The van der Waals surface area contributed by atoms with Crippen LogP contribution in [0.15, 0.2) is 12.2 Å². The molecule has 0 radical (unpaired) electrons. The standard InChI is InChI=1S/C16H30O2/c1-7-9-10-14(8-2)11-12-16(5,6)18-15(17)13(3)4/h14H,3,7-12H2,1-2,4-6H3. The molecule has 0 spiro atoms. The molecule has 0 N–H and O–H groups in total. The molecule has 1 unspecified atom stereocenters. The Morgan fingerprint density at radius 1 is 1.28 bits per heavy atom. The predicted molar refractivity (Wildman–Crippen MR) is 77.5 cm³/mol. The maximum Gasteiger partial charge on any atom is 0.333 e. The lowest BCUT2D eigenvalue weighted by atomic mass is 9.89. The van der Waals surface area contributed by atoms with Gasteiger partial charge in [0.25, 0.3) is 0 Å². The minimum Gasteiger partial charge on any atom is -0.456 e. The van der Waals surface area contributed by atoms with Crippen molar-refractivity contribution in [2.24, 2.45) is 5.92 Å². The van der Waals surface area contributed by atoms with Crippen molar-refractivity contribution >= 4 is 5.97 Å². The molecule has 0 aromatic carbocycles. The van der Waals surface area contributed by atoms with Gasteiger partial charge in [0, 0.05) is 5.57 Å². The van der Waals surface area contributed by atoms with E-state index in [-0.39, 0.29) is 11.6 Å². The van der Waals surface area contributed by atoms with E-state index in [0.717, 1.165) is 18.8 Å². The third-order valence-corrected chi connectivity index (χ3v) is 3.42. The summed E-state index contributed by atoms with van der Waals surface area (Å²) in [6.45, 7) is 13.7. The lowest BCUT2D eigenvalue weighted by Gasteiger charge is -2.27. The van der Waals surface area contributed by atoms with Crippen LogP contribution < -0.4 is 0 Å². The van der Waals surface area contributed by atoms with Gasteiger partial charge in [0.1, 0.15) is 5.60 Å². The highest BCUT2D eigenvalue weighted by Crippen LogP contribution is 2.25. The Labute approximate surface area is 113 Å². The van der Waals surface area contributed by atoms with E-state index < -0.39 is 0 Å². The van der Waals surface area contributed by atoms with E-state index in [2.05, 4.69) is 20.4 Å². The molecule has 0 aliphatic heterocycles. The van der Waals surface area contributed by atoms with Crippen LogP contribution >= 0.6 is 0 Å². The van der Waals surface area contributed by atoms with Crippen LogP contribution in [0.2, 0.25) is 0 Å². The normalized spacial score (nSPS) is 13.2. The monoisotopic (exact) mass is 254 g/mol. The van der Waals surface area contributed by atoms with Gasteiger partial charge in [-0.3, -0.25) is 0 Å². The fourth-order valence-electron chi connectivity index (χ4n) is 1.99. The van der Waals surface area contributed by atoms with Gasteiger partial charge in [-0.25, -0.2) is 4.79 Å². The molecule has 0 aliphatic carbocycles. The van der Waals surface area contributed by atoms with E-state index in [1.54, 1.807) is 6.92 Å². The Bertz CT molecular complexity index is 266. The molecule has 0 saturated heterocycles. The zero-order valence-electron chi connectivity index (χ0n) is 12.8. The highest BCUT2D eigenvalue weighted by atomic mass is 16.6. The topological polar surface area (TPSA) is 26.3 Å². The summed E-state index contributed by atoms with van der Waals surface area (Å²) >= 11 is 0. The third-order valence-electron chi connectivity index (χ3n) is 3.42. The van der Waals surface area contributed by atoms with E-state index in [4.69, 9.17) is 4.74 Å². The molecule has 0 aromatic rings. The van der Waals surface area contributed by atoms with Gasteiger partial charge in [0.2, 0.25) is 0 Å². The van der Waals surface area contributed by atoms with Gasteiger partial charge in [0.15, 0.2) is 0 Å². The minimum absolute atomic E-state index is 0.276. The molecule has 0 aliphatic rings. The average Bonchev–Trinajstić information content (AvgIpc) is 2.28. The molecule has 0 saturated carbocycles. The number of carbonyl (C=O) groups is 1. The highest BCUT2D eigenvalue weighted by Gasteiger charge is 2.24. The van der Waals surface area contributed by atoms with Crippen LogP contribution in [0.1, 0.15) is 73.1 Å². The van der Waals surface area contributed by atoms with Crippen LogP contribution in [0.3, 0.4) is 0 Å². The molecule has 2 heteroatoms. The Kier molecular flexibility index (Phi) is 7.97. The van der Waals surface area contributed by atoms with Crippen LogP contribution in [0.25, 0.3) is 0 Å². The van der Waals surface area contributed by atoms with Crippen molar-refractivity contribution < 1.29 is 9.53 Å². The quantitative estimate of drug-likeness (QED) is 0.433. The molecule has 0 bridgehead atoms. The van der Waals surface area contributed by atoms with E-state index >= 15 is 0 Å². The first kappa shape index (κ1) is 17.2. The van der Waals surface area contributed by atoms with Gasteiger partial charge in [0.05, 0.1) is 0 Å². The van der Waals surface area contributed by atoms with Gasteiger partial charge in [-0.2, -0.15) is 0 Å². The maximum absolute atomic E-state index is 11.5. The molecule has 0 amide bonds. The number of carbonyl (C=O) groups excluding carboxylic acids is 1. The van der Waals surface area contributed by atoms with Gasteiger partial charge < -0.3 is 4.74 Å². The molecule has 0 fully saturated rings. The molecular weight excluding hydrogens is 224 g/mol. The molecular formula is C16H30O2. The summed E-state index contributed by atoms with van der Waals surface area (Å²) in [4.78, 5) is 11.5. The van der Waals surface area contributed by atoms with Gasteiger partial charge in [-0.15, -0.1) is 0 Å². The van der Waals surface area contributed by atoms with Gasteiger partial charge >= 0.3 is 5.97 Å². The Morgan fingerprint density at radius 3 is 2.33 bits per heavy atom. The summed E-state index contributed by atoms with van der Waals surface area (Å²) in [6, 6.07) is 0. The molecule has 0 rings (SSSR count). The Morgan fingerprint density at radius 2 is 1.89 bits per heavy atom. The average molecular weight is 254 g/mol. The maximum atomic E-state index is 11.5. The Hall–Kier alpha value is -0.790. The van der Waals surface area contributed by atoms with E-state index in [0.29, 0.717) is 5.57 Å². The second kappa shape index (κ2) is 8.34. The van der Waals surface area contributed by atoms with E-state index in [1.807, 2.05) is 13.8 Å². The van der Waals surface area contributed by atoms with Crippen LogP contribution in [-0.4, -0.2) is 11.6 Å². The first-order valence-electron chi connectivity index (χ1n) is 7.21. The van der Waals surface area contributed by atoms with E-state index in [1.165, 1.54) is 25.7 Å². The SMILES string of the molecule is C=C(C)C(=O)OC(C)(C)CCC(CC)CCCC. The first-order chi connectivity index (χ1) is 8.32. The summed E-state index contributed by atoms with van der Waals surface area (Å²) in [5.74, 6) is 0.481. The zero-order valence-corrected chi connectivity index (χ0v) is 12.8. The van der Waals surface area contributed by atoms with Crippen molar-refractivity contribution in [3.05, 3.63) is 12.2 Å². The molecule has 0 aromatic heterocycles. The molecule has 18 heavy (non-hydrogen) atoms. The van der Waals surface area contributed by atoms with Crippen LogP contribution in [0.4, 0.5) is 0 Å². The van der Waals surface area contributed by atoms with E-state index in [9.17, 15) is 4.79 Å². The van der Waals surface area contributed by atoms with Gasteiger partial charge in [-0.1, -0.05) is 46.1 Å². The number of hydrogen-bond acceptors (Lipinski definition) is 2. The summed E-state index contributed by atoms with van der Waals surface area (Å²) in [5.41, 5.74) is 0.0939. The second-order valence-electron chi connectivity index (χ2n) is 5.88. The minimum atomic E-state index is -0.379. The number of hydrogen-bond donors (Lipinski definition) is 0. The molecule has 2 nitrogen and oxygen atoms in total. The largest absolute Gasteiger partial charge is 0.456 e. The molecule has 0 heterocycles. The predicted octanol–water partition coefficient (Wildman–Crippen LogP) is 4.88. The van der Waals surface area contributed by atoms with Crippen molar-refractivity contribution in [3.8, 4) is 0 Å². The van der Waals surface area contributed by atoms with Crippen molar-refractivity contribution in [2.45, 2.75) is 78.7 Å². The van der Waals surface area contributed by atoms with Crippen LogP contribution in [0, 0.1) is 5.92 Å². The van der Waals surface area contributed by atoms with Crippen LogP contribution in [-0.2, 0) is 9.53 Å². The summed E-state index contributed by atoms with van der Waals surface area (Å²) in [5, 5.41) is 0. The number of ether oxygens (including phenoxy) is 1. The highest BCUT2D eigenvalue weighted by molar-refractivity contribution is 5.87. The second-order valence-corrected chi connectivity index (χ2v) is 5.88.